The molecule has 32 heavy (non-hydrogen) atoms. The molecule has 9 nitrogen and oxygen atoms in total. The number of ether oxygens (including phenoxy) is 1. The highest BCUT2D eigenvalue weighted by Gasteiger charge is 2.16. The fraction of sp³-hybridized carbons (Fsp3) is 0.286. The number of nitrogens with zero attached hydrogens (tertiary/aromatic N) is 4. The molecule has 0 unspecified atom stereocenters. The van der Waals surface area contributed by atoms with E-state index in [1.807, 2.05) is 43.5 Å². The summed E-state index contributed by atoms with van der Waals surface area (Å²) in [6.07, 6.45) is 0. The van der Waals surface area contributed by atoms with E-state index in [1.54, 1.807) is 0 Å². The second-order valence-electron chi connectivity index (χ2n) is 6.89. The molecule has 0 saturated heterocycles. The van der Waals surface area contributed by atoms with E-state index in [4.69, 9.17) is 16.3 Å². The molecule has 0 saturated carbocycles. The SMILES string of the molecule is CCn1c(COc2cccc(C)c2C)nnc1SCC(=O)Nc1ccc(Cl)c([N+](=O)[O-])c1. The molecular formula is C21H22ClN5O4S. The predicted molar refractivity (Wildman–Crippen MR) is 123 cm³/mol. The summed E-state index contributed by atoms with van der Waals surface area (Å²) < 4.78 is 7.81. The van der Waals surface area contributed by atoms with Gasteiger partial charge in [-0.1, -0.05) is 35.5 Å². The number of nitro benzene ring substituents is 1. The summed E-state index contributed by atoms with van der Waals surface area (Å²) >= 11 is 7.02. The van der Waals surface area contributed by atoms with Crippen molar-refractivity contribution in [1.29, 1.82) is 0 Å². The first-order valence-electron chi connectivity index (χ1n) is 9.77. The summed E-state index contributed by atoms with van der Waals surface area (Å²) in [6.45, 7) is 6.86. The highest BCUT2D eigenvalue weighted by atomic mass is 35.5. The van der Waals surface area contributed by atoms with Crippen LogP contribution in [0, 0.1) is 24.0 Å². The molecular weight excluding hydrogens is 454 g/mol. The third-order valence-corrected chi connectivity index (χ3v) is 6.07. The van der Waals surface area contributed by atoms with E-state index in [-0.39, 0.29) is 29.0 Å². The minimum Gasteiger partial charge on any atom is -0.485 e. The number of thioether (sulfide) groups is 1. The number of benzene rings is 2. The van der Waals surface area contributed by atoms with Crippen LogP contribution in [0.1, 0.15) is 23.9 Å². The number of aromatic nitrogens is 3. The highest BCUT2D eigenvalue weighted by molar-refractivity contribution is 7.99. The van der Waals surface area contributed by atoms with E-state index in [0.717, 1.165) is 16.9 Å². The summed E-state index contributed by atoms with van der Waals surface area (Å²) in [5.74, 6) is 1.18. The van der Waals surface area contributed by atoms with Gasteiger partial charge in [0.1, 0.15) is 17.4 Å². The van der Waals surface area contributed by atoms with Crippen LogP contribution in [0.5, 0.6) is 5.75 Å². The van der Waals surface area contributed by atoms with E-state index in [9.17, 15) is 14.9 Å². The van der Waals surface area contributed by atoms with Gasteiger partial charge in [-0.15, -0.1) is 10.2 Å². The Morgan fingerprint density at radius 1 is 1.28 bits per heavy atom. The maximum absolute atomic E-state index is 12.3. The van der Waals surface area contributed by atoms with Gasteiger partial charge < -0.3 is 14.6 Å². The lowest BCUT2D eigenvalue weighted by Gasteiger charge is -2.11. The van der Waals surface area contributed by atoms with Crippen molar-refractivity contribution in [2.24, 2.45) is 0 Å². The van der Waals surface area contributed by atoms with Gasteiger partial charge in [-0.25, -0.2) is 0 Å². The molecule has 0 fully saturated rings. The van der Waals surface area contributed by atoms with Gasteiger partial charge in [0.2, 0.25) is 5.91 Å². The zero-order valence-electron chi connectivity index (χ0n) is 17.8. The van der Waals surface area contributed by atoms with Crippen molar-refractivity contribution < 1.29 is 14.5 Å². The number of nitrogens with one attached hydrogen (secondary N) is 1. The monoisotopic (exact) mass is 475 g/mol. The van der Waals surface area contributed by atoms with Crippen molar-refractivity contribution >= 4 is 40.6 Å². The Morgan fingerprint density at radius 2 is 2.06 bits per heavy atom. The molecule has 0 aliphatic rings. The second kappa shape index (κ2) is 10.5. The Bertz CT molecular complexity index is 1150. The molecule has 1 N–H and O–H groups in total. The number of rotatable bonds is 9. The fourth-order valence-electron chi connectivity index (χ4n) is 2.93. The molecule has 3 rings (SSSR count). The van der Waals surface area contributed by atoms with Gasteiger partial charge in [0, 0.05) is 18.3 Å². The Balaban J connectivity index is 1.61. The standard InChI is InChI=1S/C21H22ClN5O4S/c1-4-26-19(11-31-18-7-5-6-13(2)14(18)3)24-25-21(26)32-12-20(28)23-15-8-9-16(22)17(10-15)27(29)30/h5-10H,4,11-12H2,1-3H3,(H,23,28). The Labute approximate surface area is 194 Å². The van der Waals surface area contributed by atoms with Crippen LogP contribution in [-0.2, 0) is 17.9 Å². The van der Waals surface area contributed by atoms with Crippen LogP contribution in [0.25, 0.3) is 0 Å². The molecule has 0 atom stereocenters. The Kier molecular flexibility index (Phi) is 7.70. The third-order valence-electron chi connectivity index (χ3n) is 4.78. The molecule has 168 valence electrons. The van der Waals surface area contributed by atoms with Gasteiger partial charge in [-0.05, 0) is 50.1 Å². The van der Waals surface area contributed by atoms with Crippen molar-refractivity contribution in [3.05, 3.63) is 68.5 Å². The summed E-state index contributed by atoms with van der Waals surface area (Å²) in [5.41, 5.74) is 2.25. The van der Waals surface area contributed by atoms with Crippen LogP contribution < -0.4 is 10.1 Å². The van der Waals surface area contributed by atoms with Crippen LogP contribution >= 0.6 is 23.4 Å². The summed E-state index contributed by atoms with van der Waals surface area (Å²) in [5, 5.41) is 22.6. The van der Waals surface area contributed by atoms with Gasteiger partial charge >= 0.3 is 0 Å². The molecule has 0 aliphatic carbocycles. The normalized spacial score (nSPS) is 10.8. The molecule has 0 bridgehead atoms. The number of carbonyl (C=O) groups is 1. The first-order chi connectivity index (χ1) is 15.3. The first-order valence-corrected chi connectivity index (χ1v) is 11.1. The first kappa shape index (κ1) is 23.6. The van der Waals surface area contributed by atoms with Gasteiger partial charge in [-0.2, -0.15) is 0 Å². The van der Waals surface area contributed by atoms with Crippen LogP contribution in [0.3, 0.4) is 0 Å². The quantitative estimate of drug-likeness (QED) is 0.269. The van der Waals surface area contributed by atoms with Gasteiger partial charge in [0.25, 0.3) is 5.69 Å². The van der Waals surface area contributed by atoms with Crippen LogP contribution in [0.2, 0.25) is 5.02 Å². The smallest absolute Gasteiger partial charge is 0.289 e. The maximum Gasteiger partial charge on any atom is 0.289 e. The van der Waals surface area contributed by atoms with Gasteiger partial charge in [0.05, 0.1) is 10.7 Å². The number of hydrogen-bond acceptors (Lipinski definition) is 7. The third kappa shape index (κ3) is 5.57. The van der Waals surface area contributed by atoms with Crippen molar-refractivity contribution in [3.8, 4) is 5.75 Å². The molecule has 0 radical (unpaired) electrons. The molecule has 3 aromatic rings. The predicted octanol–water partition coefficient (Wildman–Crippen LogP) is 4.79. The molecule has 11 heteroatoms. The molecule has 1 heterocycles. The lowest BCUT2D eigenvalue weighted by atomic mass is 10.1. The van der Waals surface area contributed by atoms with Crippen molar-refractivity contribution in [1.82, 2.24) is 14.8 Å². The number of aryl methyl sites for hydroxylation is 1. The number of amides is 1. The van der Waals surface area contributed by atoms with E-state index in [0.29, 0.717) is 23.2 Å². The summed E-state index contributed by atoms with van der Waals surface area (Å²) in [4.78, 5) is 22.7. The molecule has 1 amide bonds. The largest absolute Gasteiger partial charge is 0.485 e. The van der Waals surface area contributed by atoms with Crippen molar-refractivity contribution in [3.63, 3.8) is 0 Å². The van der Waals surface area contributed by atoms with E-state index in [2.05, 4.69) is 15.5 Å². The lowest BCUT2D eigenvalue weighted by molar-refractivity contribution is -0.384. The summed E-state index contributed by atoms with van der Waals surface area (Å²) in [7, 11) is 0. The minimum absolute atomic E-state index is 0.00836. The highest BCUT2D eigenvalue weighted by Crippen LogP contribution is 2.28. The topological polar surface area (TPSA) is 112 Å². The van der Waals surface area contributed by atoms with Gasteiger partial charge in [-0.3, -0.25) is 14.9 Å². The van der Waals surface area contributed by atoms with Crippen LogP contribution in [0.4, 0.5) is 11.4 Å². The molecule has 1 aromatic heterocycles. The lowest BCUT2D eigenvalue weighted by Crippen LogP contribution is -2.15. The van der Waals surface area contributed by atoms with Gasteiger partial charge in [0.15, 0.2) is 11.0 Å². The zero-order chi connectivity index (χ0) is 23.3. The molecule has 0 aliphatic heterocycles. The van der Waals surface area contributed by atoms with E-state index < -0.39 is 4.92 Å². The Hall–Kier alpha value is -3.11. The van der Waals surface area contributed by atoms with E-state index >= 15 is 0 Å². The molecule has 0 spiro atoms. The van der Waals surface area contributed by atoms with Crippen LogP contribution in [-0.4, -0.2) is 31.3 Å². The number of hydrogen-bond donors (Lipinski definition) is 1. The van der Waals surface area contributed by atoms with E-state index in [1.165, 1.54) is 30.0 Å². The number of halogens is 1. The number of anilines is 1. The average molecular weight is 476 g/mol. The van der Waals surface area contributed by atoms with Crippen molar-refractivity contribution in [2.75, 3.05) is 11.1 Å². The Morgan fingerprint density at radius 3 is 2.78 bits per heavy atom. The van der Waals surface area contributed by atoms with Crippen molar-refractivity contribution in [2.45, 2.75) is 39.1 Å². The molecule has 2 aromatic carbocycles. The number of carbonyl (C=O) groups excluding carboxylic acids is 1. The average Bonchev–Trinajstić information content (AvgIpc) is 3.16. The fourth-order valence-corrected chi connectivity index (χ4v) is 3.94. The van der Waals surface area contributed by atoms with Crippen LogP contribution in [0.15, 0.2) is 41.6 Å². The maximum atomic E-state index is 12.3. The zero-order valence-corrected chi connectivity index (χ0v) is 19.4. The summed E-state index contributed by atoms with van der Waals surface area (Å²) in [6, 6.07) is 9.99. The number of nitro groups is 1. The minimum atomic E-state index is -0.599. The second-order valence-corrected chi connectivity index (χ2v) is 8.24.